The summed E-state index contributed by atoms with van der Waals surface area (Å²) in [5.41, 5.74) is 1.10. The van der Waals surface area contributed by atoms with Gasteiger partial charge in [0.05, 0.1) is 6.26 Å². The molecule has 25 heavy (non-hydrogen) atoms. The Hall–Kier alpha value is -1.93. The second kappa shape index (κ2) is 7.97. The molecule has 0 unspecified atom stereocenters. The van der Waals surface area contributed by atoms with Gasteiger partial charge < -0.3 is 10.2 Å². The van der Waals surface area contributed by atoms with Gasteiger partial charge in [-0.3, -0.25) is 9.59 Å². The monoisotopic (exact) mass is 367 g/mol. The zero-order valence-electron chi connectivity index (χ0n) is 14.9. The Labute approximate surface area is 149 Å². The van der Waals surface area contributed by atoms with Crippen molar-refractivity contribution < 1.29 is 18.0 Å². The molecule has 1 atom stereocenters. The van der Waals surface area contributed by atoms with Gasteiger partial charge in [-0.25, -0.2) is 8.42 Å². The fourth-order valence-corrected chi connectivity index (χ4v) is 4.14. The number of benzene rings is 1. The summed E-state index contributed by atoms with van der Waals surface area (Å²) in [4.78, 5) is 26.4. The highest BCUT2D eigenvalue weighted by atomic mass is 32.2. The molecule has 8 heteroatoms. The molecule has 1 aliphatic heterocycles. The summed E-state index contributed by atoms with van der Waals surface area (Å²) in [5, 5.41) is 2.74. The summed E-state index contributed by atoms with van der Waals surface area (Å²) in [6, 6.07) is 5.98. The standard InChI is InChI=1S/C17H25N3O4S/c1-4-19(5-2)17(22)13-8-10-14(11-9-13)18-16(21)15-7-6-12-20(15)25(3,23)24/h8-11,15H,4-7,12H2,1-3H3,(H,18,21)/t15-/m0/s1. The Morgan fingerprint density at radius 1 is 1.20 bits per heavy atom. The zero-order valence-corrected chi connectivity index (χ0v) is 15.7. The average Bonchev–Trinajstić information content (AvgIpc) is 3.06. The Morgan fingerprint density at radius 2 is 1.80 bits per heavy atom. The molecule has 1 aromatic rings. The molecule has 1 N–H and O–H groups in total. The molecule has 1 aromatic carbocycles. The van der Waals surface area contributed by atoms with Gasteiger partial charge in [-0.2, -0.15) is 4.31 Å². The number of anilines is 1. The van der Waals surface area contributed by atoms with Gasteiger partial charge in [-0.1, -0.05) is 0 Å². The molecule has 138 valence electrons. The lowest BCUT2D eigenvalue weighted by atomic mass is 10.1. The molecule has 2 amide bonds. The number of sulfonamides is 1. The van der Waals surface area contributed by atoms with E-state index >= 15 is 0 Å². The third-order valence-corrected chi connectivity index (χ3v) is 5.67. The van der Waals surface area contributed by atoms with Crippen molar-refractivity contribution >= 4 is 27.5 Å². The van der Waals surface area contributed by atoms with Crippen molar-refractivity contribution in [3.05, 3.63) is 29.8 Å². The first-order valence-corrected chi connectivity index (χ1v) is 10.3. The molecular weight excluding hydrogens is 342 g/mol. The second-order valence-electron chi connectivity index (χ2n) is 6.08. The molecular formula is C17H25N3O4S. The lowest BCUT2D eigenvalue weighted by molar-refractivity contribution is -0.119. The van der Waals surface area contributed by atoms with Crippen LogP contribution < -0.4 is 5.32 Å². The first kappa shape index (κ1) is 19.4. The predicted octanol–water partition coefficient (Wildman–Crippen LogP) is 1.53. The van der Waals surface area contributed by atoms with Crippen molar-refractivity contribution in [2.45, 2.75) is 32.7 Å². The van der Waals surface area contributed by atoms with Crippen LogP contribution in [0.5, 0.6) is 0 Å². The van der Waals surface area contributed by atoms with E-state index < -0.39 is 16.1 Å². The van der Waals surface area contributed by atoms with Crippen LogP contribution in [0.3, 0.4) is 0 Å². The van der Waals surface area contributed by atoms with Crippen molar-refractivity contribution in [3.63, 3.8) is 0 Å². The van der Waals surface area contributed by atoms with Gasteiger partial charge in [0, 0.05) is 30.9 Å². The highest BCUT2D eigenvalue weighted by Gasteiger charge is 2.36. The van der Waals surface area contributed by atoms with Crippen molar-refractivity contribution in [2.75, 3.05) is 31.2 Å². The Morgan fingerprint density at radius 3 is 2.32 bits per heavy atom. The number of hydrogen-bond donors (Lipinski definition) is 1. The minimum atomic E-state index is -3.40. The molecule has 1 aliphatic rings. The van der Waals surface area contributed by atoms with E-state index in [2.05, 4.69) is 5.32 Å². The normalized spacial score (nSPS) is 18.1. The maximum absolute atomic E-state index is 12.4. The molecule has 0 bridgehead atoms. The minimum absolute atomic E-state index is 0.0538. The number of carbonyl (C=O) groups is 2. The van der Waals surface area contributed by atoms with Crippen LogP contribution in [0.15, 0.2) is 24.3 Å². The maximum Gasteiger partial charge on any atom is 0.253 e. The molecule has 0 spiro atoms. The molecule has 0 aliphatic carbocycles. The first-order valence-electron chi connectivity index (χ1n) is 8.45. The Balaban J connectivity index is 2.06. The molecule has 1 fully saturated rings. The van der Waals surface area contributed by atoms with Gasteiger partial charge in [0.2, 0.25) is 15.9 Å². The SMILES string of the molecule is CCN(CC)C(=O)c1ccc(NC(=O)[C@@H]2CCCN2S(C)(=O)=O)cc1. The van der Waals surface area contributed by atoms with E-state index in [4.69, 9.17) is 0 Å². The average molecular weight is 367 g/mol. The van der Waals surface area contributed by atoms with E-state index in [0.29, 0.717) is 43.7 Å². The van der Waals surface area contributed by atoms with Crippen LogP contribution in [-0.4, -0.2) is 61.4 Å². The molecule has 1 saturated heterocycles. The maximum atomic E-state index is 12.4. The molecule has 0 aromatic heterocycles. The molecule has 0 saturated carbocycles. The van der Waals surface area contributed by atoms with E-state index in [-0.39, 0.29) is 11.8 Å². The lowest BCUT2D eigenvalue weighted by Gasteiger charge is -2.21. The van der Waals surface area contributed by atoms with Crippen LogP contribution in [0.1, 0.15) is 37.0 Å². The van der Waals surface area contributed by atoms with Crippen LogP contribution >= 0.6 is 0 Å². The smallest absolute Gasteiger partial charge is 0.253 e. The quantitative estimate of drug-likeness (QED) is 0.826. The van der Waals surface area contributed by atoms with Crippen LogP contribution in [0.2, 0.25) is 0 Å². The van der Waals surface area contributed by atoms with Crippen molar-refractivity contribution in [1.29, 1.82) is 0 Å². The lowest BCUT2D eigenvalue weighted by Crippen LogP contribution is -2.42. The van der Waals surface area contributed by atoms with Crippen LogP contribution in [0.4, 0.5) is 5.69 Å². The predicted molar refractivity (Wildman–Crippen MR) is 96.9 cm³/mol. The molecule has 1 heterocycles. The summed E-state index contributed by atoms with van der Waals surface area (Å²) in [5.74, 6) is -0.396. The number of nitrogens with zero attached hydrogens (tertiary/aromatic N) is 2. The highest BCUT2D eigenvalue weighted by Crippen LogP contribution is 2.22. The van der Waals surface area contributed by atoms with E-state index in [1.165, 1.54) is 4.31 Å². The highest BCUT2D eigenvalue weighted by molar-refractivity contribution is 7.88. The number of nitrogens with one attached hydrogen (secondary N) is 1. The number of carbonyl (C=O) groups excluding carboxylic acids is 2. The Kier molecular flexibility index (Phi) is 6.18. The minimum Gasteiger partial charge on any atom is -0.339 e. The summed E-state index contributed by atoms with van der Waals surface area (Å²) in [6.07, 6.45) is 2.30. The van der Waals surface area contributed by atoms with E-state index in [1.54, 1.807) is 29.2 Å². The summed E-state index contributed by atoms with van der Waals surface area (Å²) in [6.45, 7) is 5.48. The Bertz CT molecular complexity index is 727. The van der Waals surface area contributed by atoms with Gasteiger partial charge in [0.25, 0.3) is 5.91 Å². The third kappa shape index (κ3) is 4.58. The van der Waals surface area contributed by atoms with Gasteiger partial charge in [0.15, 0.2) is 0 Å². The summed E-state index contributed by atoms with van der Waals surface area (Å²) < 4.78 is 24.7. The number of amides is 2. The zero-order chi connectivity index (χ0) is 18.6. The first-order chi connectivity index (χ1) is 11.8. The van der Waals surface area contributed by atoms with Crippen molar-refractivity contribution in [2.24, 2.45) is 0 Å². The largest absolute Gasteiger partial charge is 0.339 e. The number of rotatable bonds is 6. The fraction of sp³-hybridized carbons (Fsp3) is 0.529. The number of hydrogen-bond acceptors (Lipinski definition) is 4. The molecule has 0 radical (unpaired) electrons. The van der Waals surface area contributed by atoms with E-state index in [0.717, 1.165) is 6.26 Å². The molecule has 7 nitrogen and oxygen atoms in total. The second-order valence-corrected chi connectivity index (χ2v) is 8.01. The van der Waals surface area contributed by atoms with E-state index in [1.807, 2.05) is 13.8 Å². The summed E-state index contributed by atoms with van der Waals surface area (Å²) >= 11 is 0. The van der Waals surface area contributed by atoms with Crippen molar-refractivity contribution in [1.82, 2.24) is 9.21 Å². The van der Waals surface area contributed by atoms with Crippen LogP contribution in [0, 0.1) is 0 Å². The molecule has 2 rings (SSSR count). The van der Waals surface area contributed by atoms with E-state index in [9.17, 15) is 18.0 Å². The summed E-state index contributed by atoms with van der Waals surface area (Å²) in [7, 11) is -3.40. The van der Waals surface area contributed by atoms with Crippen LogP contribution in [0.25, 0.3) is 0 Å². The van der Waals surface area contributed by atoms with Gasteiger partial charge in [-0.15, -0.1) is 0 Å². The van der Waals surface area contributed by atoms with Gasteiger partial charge >= 0.3 is 0 Å². The third-order valence-electron chi connectivity index (χ3n) is 4.38. The van der Waals surface area contributed by atoms with Crippen molar-refractivity contribution in [3.8, 4) is 0 Å². The van der Waals surface area contributed by atoms with Crippen LogP contribution in [-0.2, 0) is 14.8 Å². The van der Waals surface area contributed by atoms with Gasteiger partial charge in [-0.05, 0) is 51.0 Å². The fourth-order valence-electron chi connectivity index (χ4n) is 3.01. The topological polar surface area (TPSA) is 86.8 Å². The van der Waals surface area contributed by atoms with Gasteiger partial charge in [0.1, 0.15) is 6.04 Å².